The third kappa shape index (κ3) is 3.06. The van der Waals surface area contributed by atoms with Gasteiger partial charge in [0.1, 0.15) is 0 Å². The van der Waals surface area contributed by atoms with E-state index in [4.69, 9.17) is 5.14 Å². The molecule has 17 heavy (non-hydrogen) atoms. The molecule has 0 aliphatic carbocycles. The van der Waals surface area contributed by atoms with Crippen molar-refractivity contribution in [2.75, 3.05) is 20.1 Å². The lowest BCUT2D eigenvalue weighted by Crippen LogP contribution is -2.51. The molecule has 0 fully saturated rings. The van der Waals surface area contributed by atoms with Gasteiger partial charge in [-0.05, 0) is 13.8 Å². The third-order valence-electron chi connectivity index (χ3n) is 3.41. The summed E-state index contributed by atoms with van der Waals surface area (Å²) in [6.07, 6.45) is 0. The number of nitrogens with zero attached hydrogens (tertiary/aromatic N) is 1. The molecule has 96 valence electrons. The van der Waals surface area contributed by atoms with E-state index in [0.717, 1.165) is 5.56 Å². The van der Waals surface area contributed by atoms with Gasteiger partial charge in [0.15, 0.2) is 0 Å². The van der Waals surface area contributed by atoms with E-state index in [2.05, 4.69) is 0 Å². The van der Waals surface area contributed by atoms with Crippen molar-refractivity contribution < 1.29 is 12.9 Å². The molecular weight excluding hydrogens is 236 g/mol. The van der Waals surface area contributed by atoms with Gasteiger partial charge in [0, 0.05) is 5.56 Å². The summed E-state index contributed by atoms with van der Waals surface area (Å²) >= 11 is 0. The van der Waals surface area contributed by atoms with Crippen molar-refractivity contribution in [1.29, 1.82) is 0 Å². The number of sulfonamides is 1. The second-order valence-corrected chi connectivity index (χ2v) is 6.09. The van der Waals surface area contributed by atoms with Gasteiger partial charge in [-0.1, -0.05) is 30.3 Å². The van der Waals surface area contributed by atoms with E-state index in [-0.39, 0.29) is 0 Å². The Balaban J connectivity index is 3.34. The van der Waals surface area contributed by atoms with E-state index >= 15 is 0 Å². The molecule has 1 rings (SSSR count). The SMILES string of the molecule is CC[N+](C)(CC)C(c1ccccc1)S(N)(=O)=O. The minimum atomic E-state index is -3.63. The van der Waals surface area contributed by atoms with Gasteiger partial charge in [0.2, 0.25) is 5.37 Å². The Morgan fingerprint density at radius 1 is 1.18 bits per heavy atom. The zero-order valence-electron chi connectivity index (χ0n) is 10.6. The van der Waals surface area contributed by atoms with Crippen LogP contribution in [0.5, 0.6) is 0 Å². The fourth-order valence-electron chi connectivity index (χ4n) is 2.08. The number of benzene rings is 1. The highest BCUT2D eigenvalue weighted by Crippen LogP contribution is 2.30. The zero-order valence-corrected chi connectivity index (χ0v) is 11.4. The second kappa shape index (κ2) is 5.16. The van der Waals surface area contributed by atoms with Crippen LogP contribution in [0.1, 0.15) is 24.8 Å². The van der Waals surface area contributed by atoms with Crippen molar-refractivity contribution >= 4 is 10.0 Å². The van der Waals surface area contributed by atoms with Crippen molar-refractivity contribution in [2.45, 2.75) is 19.2 Å². The molecule has 0 amide bonds. The Morgan fingerprint density at radius 3 is 2.00 bits per heavy atom. The molecule has 0 radical (unpaired) electrons. The Kier molecular flexibility index (Phi) is 4.30. The maximum absolute atomic E-state index is 11.9. The maximum atomic E-state index is 11.9. The van der Waals surface area contributed by atoms with E-state index in [9.17, 15) is 8.42 Å². The van der Waals surface area contributed by atoms with Crippen molar-refractivity contribution in [2.24, 2.45) is 5.14 Å². The van der Waals surface area contributed by atoms with Gasteiger partial charge >= 0.3 is 0 Å². The van der Waals surface area contributed by atoms with E-state index in [1.807, 2.05) is 51.2 Å². The fourth-order valence-corrected chi connectivity index (χ4v) is 3.62. The number of hydrogen-bond acceptors (Lipinski definition) is 2. The van der Waals surface area contributed by atoms with Crippen LogP contribution in [0, 0.1) is 0 Å². The molecule has 1 aromatic carbocycles. The lowest BCUT2D eigenvalue weighted by atomic mass is 10.2. The molecule has 0 bridgehead atoms. The highest BCUT2D eigenvalue weighted by atomic mass is 32.2. The summed E-state index contributed by atoms with van der Waals surface area (Å²) in [7, 11) is -1.71. The van der Waals surface area contributed by atoms with Crippen LogP contribution in [0.4, 0.5) is 0 Å². The second-order valence-electron chi connectivity index (χ2n) is 4.46. The first-order chi connectivity index (χ1) is 7.85. The smallest absolute Gasteiger partial charge is 0.267 e. The first-order valence-corrected chi connectivity index (χ1v) is 7.37. The van der Waals surface area contributed by atoms with Gasteiger partial charge < -0.3 is 4.48 Å². The van der Waals surface area contributed by atoms with Crippen LogP contribution >= 0.6 is 0 Å². The number of hydrogen-bond donors (Lipinski definition) is 1. The molecule has 0 saturated heterocycles. The summed E-state index contributed by atoms with van der Waals surface area (Å²) in [4.78, 5) is 0. The average molecular weight is 257 g/mol. The Labute approximate surface area is 104 Å². The van der Waals surface area contributed by atoms with Crippen molar-refractivity contribution in [3.8, 4) is 0 Å². The van der Waals surface area contributed by atoms with Crippen molar-refractivity contribution in [3.63, 3.8) is 0 Å². The van der Waals surface area contributed by atoms with Crippen molar-refractivity contribution in [3.05, 3.63) is 35.9 Å². The lowest BCUT2D eigenvalue weighted by molar-refractivity contribution is -0.922. The summed E-state index contributed by atoms with van der Waals surface area (Å²) in [5.74, 6) is 0. The molecular formula is C12H21N2O2S+. The van der Waals surface area contributed by atoms with Crippen LogP contribution < -0.4 is 5.14 Å². The van der Waals surface area contributed by atoms with E-state index in [1.54, 1.807) is 0 Å². The molecule has 5 heteroatoms. The van der Waals surface area contributed by atoms with Crippen LogP contribution in [0.25, 0.3) is 0 Å². The van der Waals surface area contributed by atoms with Gasteiger partial charge in [-0.2, -0.15) is 0 Å². The van der Waals surface area contributed by atoms with Crippen LogP contribution in [0.15, 0.2) is 30.3 Å². The topological polar surface area (TPSA) is 60.2 Å². The summed E-state index contributed by atoms with van der Waals surface area (Å²) in [6.45, 7) is 5.38. The van der Waals surface area contributed by atoms with Crippen LogP contribution in [0.2, 0.25) is 0 Å². The molecule has 4 nitrogen and oxygen atoms in total. The maximum Gasteiger partial charge on any atom is 0.267 e. The van der Waals surface area contributed by atoms with Gasteiger partial charge in [-0.15, -0.1) is 0 Å². The standard InChI is InChI=1S/C12H21N2O2S/c1-4-14(3,5-2)12(17(13,15)16)11-9-7-6-8-10-11/h6-10,12H,4-5H2,1-3H3,(H2,13,15,16)/q+1. The van der Waals surface area contributed by atoms with Gasteiger partial charge in [-0.3, -0.25) is 0 Å². The summed E-state index contributed by atoms with van der Waals surface area (Å²) in [5, 5.41) is 4.71. The largest absolute Gasteiger partial charge is 0.307 e. The Morgan fingerprint density at radius 2 is 1.65 bits per heavy atom. The van der Waals surface area contributed by atoms with Gasteiger partial charge in [0.05, 0.1) is 20.1 Å². The molecule has 2 N–H and O–H groups in total. The first-order valence-electron chi connectivity index (χ1n) is 5.76. The van der Waals surface area contributed by atoms with Crippen LogP contribution in [0.3, 0.4) is 0 Å². The number of quaternary nitrogens is 1. The van der Waals surface area contributed by atoms with Gasteiger partial charge in [-0.25, -0.2) is 13.6 Å². The number of nitrogens with two attached hydrogens (primary N) is 1. The van der Waals surface area contributed by atoms with Crippen molar-refractivity contribution in [1.82, 2.24) is 0 Å². The first kappa shape index (κ1) is 14.2. The molecule has 1 unspecified atom stereocenters. The summed E-state index contributed by atoms with van der Waals surface area (Å²) in [5.41, 5.74) is 0.751. The quantitative estimate of drug-likeness (QED) is 0.812. The molecule has 1 atom stereocenters. The number of rotatable bonds is 5. The minimum absolute atomic E-state index is 0.392. The third-order valence-corrected chi connectivity index (χ3v) is 4.81. The summed E-state index contributed by atoms with van der Waals surface area (Å²) < 4.78 is 24.1. The lowest BCUT2D eigenvalue weighted by Gasteiger charge is -2.38. The summed E-state index contributed by atoms with van der Waals surface area (Å²) in [6, 6.07) is 9.17. The molecule has 0 aliphatic heterocycles. The predicted molar refractivity (Wildman–Crippen MR) is 69.6 cm³/mol. The Hall–Kier alpha value is -0.910. The van der Waals surface area contributed by atoms with Gasteiger partial charge in [0.25, 0.3) is 10.0 Å². The van der Waals surface area contributed by atoms with E-state index in [0.29, 0.717) is 17.6 Å². The number of primary sulfonamides is 1. The highest BCUT2D eigenvalue weighted by Gasteiger charge is 2.39. The zero-order chi connectivity index (χ0) is 13.1. The predicted octanol–water partition coefficient (Wildman–Crippen LogP) is 1.46. The normalized spacial score (nSPS) is 14.6. The molecule has 0 aliphatic rings. The molecule has 1 aromatic rings. The monoisotopic (exact) mass is 257 g/mol. The molecule has 0 heterocycles. The fraction of sp³-hybridized carbons (Fsp3) is 0.500. The highest BCUT2D eigenvalue weighted by molar-refractivity contribution is 7.89. The molecule has 0 saturated carbocycles. The van der Waals surface area contributed by atoms with Crippen LogP contribution in [-0.4, -0.2) is 33.0 Å². The average Bonchev–Trinajstić information content (AvgIpc) is 2.28. The molecule has 0 aromatic heterocycles. The van der Waals surface area contributed by atoms with E-state index in [1.165, 1.54) is 0 Å². The minimum Gasteiger partial charge on any atom is -0.307 e. The van der Waals surface area contributed by atoms with E-state index < -0.39 is 15.4 Å². The Bertz CT molecular complexity index is 453. The van der Waals surface area contributed by atoms with Crippen LogP contribution in [-0.2, 0) is 10.0 Å². The molecule has 0 spiro atoms.